The van der Waals surface area contributed by atoms with Crippen molar-refractivity contribution in [3.05, 3.63) is 30.1 Å². The van der Waals surface area contributed by atoms with Crippen LogP contribution in [-0.4, -0.2) is 18.6 Å². The van der Waals surface area contributed by atoms with Crippen LogP contribution >= 0.6 is 0 Å². The molecule has 9 heteroatoms. The lowest BCUT2D eigenvalue weighted by atomic mass is 10.4. The van der Waals surface area contributed by atoms with E-state index in [9.17, 15) is 8.42 Å². The van der Waals surface area contributed by atoms with E-state index in [4.69, 9.17) is 9.56 Å². The maximum absolute atomic E-state index is 10.9. The molecule has 0 spiro atoms. The van der Waals surface area contributed by atoms with Gasteiger partial charge in [-0.05, 0) is 12.1 Å². The number of nitrogens with two attached hydrogens (primary N) is 1. The first-order valence-corrected chi connectivity index (χ1v) is 6.18. The Kier molecular flexibility index (Phi) is 3.22. The average Bonchev–Trinajstić information content (AvgIpc) is 2.86. The predicted molar refractivity (Wildman–Crippen MR) is 54.9 cm³/mol. The molecule has 0 aliphatic heterocycles. The summed E-state index contributed by atoms with van der Waals surface area (Å²) in [7, 11) is -3.78. The molecule has 0 amide bonds. The van der Waals surface area contributed by atoms with Gasteiger partial charge in [0.2, 0.25) is 11.5 Å². The maximum atomic E-state index is 10.9. The highest BCUT2D eigenvalue weighted by molar-refractivity contribution is 7.89. The lowest BCUT2D eigenvalue weighted by Gasteiger charge is -1.98. The normalized spacial score (nSPS) is 11.8. The third kappa shape index (κ3) is 3.12. The lowest BCUT2D eigenvalue weighted by Crippen LogP contribution is -2.13. The summed E-state index contributed by atoms with van der Waals surface area (Å²) >= 11 is 0. The smallest absolute Gasteiger partial charge is 0.271 e. The van der Waals surface area contributed by atoms with Crippen LogP contribution in [0.15, 0.2) is 32.6 Å². The van der Waals surface area contributed by atoms with E-state index in [0.717, 1.165) is 0 Å². The van der Waals surface area contributed by atoms with Gasteiger partial charge in [-0.1, -0.05) is 5.16 Å². The topological polar surface area (TPSA) is 124 Å². The number of sulfonamides is 1. The number of furan rings is 1. The van der Waals surface area contributed by atoms with Crippen LogP contribution in [-0.2, 0) is 23.1 Å². The van der Waals surface area contributed by atoms with Crippen LogP contribution in [0, 0.1) is 0 Å². The van der Waals surface area contributed by atoms with Gasteiger partial charge < -0.3 is 14.3 Å². The molecule has 0 aliphatic carbocycles. The Balaban J connectivity index is 1.90. The van der Waals surface area contributed by atoms with E-state index in [0.29, 0.717) is 24.7 Å². The van der Waals surface area contributed by atoms with E-state index >= 15 is 0 Å². The molecule has 0 unspecified atom stereocenters. The van der Waals surface area contributed by atoms with Crippen molar-refractivity contribution in [2.45, 2.75) is 18.2 Å². The minimum Gasteiger partial charge on any atom is -0.447 e. The number of rotatable bonds is 5. The number of hydrogen-bond donors (Lipinski definition) is 2. The Morgan fingerprint density at radius 2 is 2.18 bits per heavy atom. The van der Waals surface area contributed by atoms with Crippen molar-refractivity contribution in [1.82, 2.24) is 15.5 Å². The summed E-state index contributed by atoms with van der Waals surface area (Å²) in [6.07, 6.45) is 1.23. The SMILES string of the molecule is NS(=O)(=O)c1ccc(CNCc2ncon2)o1. The Morgan fingerprint density at radius 1 is 1.35 bits per heavy atom. The quantitative estimate of drug-likeness (QED) is 0.747. The molecule has 0 saturated carbocycles. The maximum Gasteiger partial charge on any atom is 0.271 e. The monoisotopic (exact) mass is 258 g/mol. The van der Waals surface area contributed by atoms with Crippen molar-refractivity contribution in [1.29, 1.82) is 0 Å². The Hall–Kier alpha value is -1.71. The molecule has 0 saturated heterocycles. The predicted octanol–water partition coefficient (Wildman–Crippen LogP) is -0.400. The molecule has 3 N–H and O–H groups in total. The molecule has 0 fully saturated rings. The number of aromatic nitrogens is 2. The van der Waals surface area contributed by atoms with Crippen LogP contribution < -0.4 is 10.5 Å². The Labute approximate surface area is 96.8 Å². The Morgan fingerprint density at radius 3 is 2.76 bits per heavy atom. The molecule has 92 valence electrons. The number of primary sulfonamides is 1. The summed E-state index contributed by atoms with van der Waals surface area (Å²) in [6, 6.07) is 2.84. The zero-order valence-electron chi connectivity index (χ0n) is 8.66. The third-order valence-corrected chi connectivity index (χ3v) is 2.69. The first kappa shape index (κ1) is 11.8. The van der Waals surface area contributed by atoms with Gasteiger partial charge in [0.15, 0.2) is 5.82 Å². The van der Waals surface area contributed by atoms with Crippen molar-refractivity contribution in [2.75, 3.05) is 0 Å². The van der Waals surface area contributed by atoms with Crippen molar-refractivity contribution in [3.8, 4) is 0 Å². The molecule has 0 aliphatic rings. The van der Waals surface area contributed by atoms with Gasteiger partial charge in [-0.15, -0.1) is 0 Å². The summed E-state index contributed by atoms with van der Waals surface area (Å²) < 4.78 is 31.4. The molecule has 0 atom stereocenters. The van der Waals surface area contributed by atoms with E-state index < -0.39 is 10.0 Å². The van der Waals surface area contributed by atoms with Crippen LogP contribution in [0.5, 0.6) is 0 Å². The van der Waals surface area contributed by atoms with Crippen molar-refractivity contribution < 1.29 is 17.4 Å². The minimum absolute atomic E-state index is 0.256. The molecule has 17 heavy (non-hydrogen) atoms. The lowest BCUT2D eigenvalue weighted by molar-refractivity contribution is 0.393. The zero-order chi connectivity index (χ0) is 12.3. The molecule has 2 aromatic rings. The molecule has 0 radical (unpaired) electrons. The second-order valence-electron chi connectivity index (χ2n) is 3.22. The van der Waals surface area contributed by atoms with E-state index in [1.54, 1.807) is 0 Å². The van der Waals surface area contributed by atoms with Crippen LogP contribution in [0.2, 0.25) is 0 Å². The molecule has 8 nitrogen and oxygen atoms in total. The van der Waals surface area contributed by atoms with Crippen LogP contribution in [0.1, 0.15) is 11.6 Å². The fourth-order valence-electron chi connectivity index (χ4n) is 1.17. The molecule has 2 rings (SSSR count). The van der Waals surface area contributed by atoms with Gasteiger partial charge in [-0.2, -0.15) is 4.98 Å². The first-order chi connectivity index (χ1) is 8.05. The van der Waals surface area contributed by atoms with Gasteiger partial charge in [0.05, 0.1) is 13.1 Å². The summed E-state index contributed by atoms with van der Waals surface area (Å²) in [5.41, 5.74) is 0. The van der Waals surface area contributed by atoms with Crippen molar-refractivity contribution >= 4 is 10.0 Å². The number of nitrogens with zero attached hydrogens (tertiary/aromatic N) is 2. The standard InChI is InChI=1S/C8H10N4O4S/c9-17(13,14)8-2-1-6(16-8)3-10-4-7-11-5-15-12-7/h1-2,5,10H,3-4H2,(H2,9,13,14). The fraction of sp³-hybridized carbons (Fsp3) is 0.250. The van der Waals surface area contributed by atoms with Crippen molar-refractivity contribution in [2.24, 2.45) is 5.14 Å². The highest BCUT2D eigenvalue weighted by Crippen LogP contribution is 2.11. The third-order valence-electron chi connectivity index (χ3n) is 1.91. The van der Waals surface area contributed by atoms with Crippen LogP contribution in [0.4, 0.5) is 0 Å². The van der Waals surface area contributed by atoms with E-state index in [1.807, 2.05) is 0 Å². The molecule has 2 heterocycles. The second-order valence-corrected chi connectivity index (χ2v) is 4.71. The highest BCUT2D eigenvalue weighted by Gasteiger charge is 2.12. The van der Waals surface area contributed by atoms with Gasteiger partial charge in [-0.3, -0.25) is 0 Å². The Bertz CT molecular complexity index is 574. The highest BCUT2D eigenvalue weighted by atomic mass is 32.2. The van der Waals surface area contributed by atoms with Gasteiger partial charge in [0, 0.05) is 0 Å². The van der Waals surface area contributed by atoms with E-state index in [-0.39, 0.29) is 5.09 Å². The molecule has 0 bridgehead atoms. The second kappa shape index (κ2) is 4.65. The summed E-state index contributed by atoms with van der Waals surface area (Å²) in [5.74, 6) is 0.959. The molecule has 2 aromatic heterocycles. The summed E-state index contributed by atoms with van der Waals surface area (Å²) in [6.45, 7) is 0.728. The summed E-state index contributed by atoms with van der Waals surface area (Å²) in [4.78, 5) is 3.81. The van der Waals surface area contributed by atoms with Crippen LogP contribution in [0.3, 0.4) is 0 Å². The first-order valence-electron chi connectivity index (χ1n) is 4.63. The molecular formula is C8H10N4O4S. The molecule has 0 aromatic carbocycles. The largest absolute Gasteiger partial charge is 0.447 e. The summed E-state index contributed by atoms with van der Waals surface area (Å²) in [5, 5.41) is 11.2. The van der Waals surface area contributed by atoms with Gasteiger partial charge in [0.25, 0.3) is 10.0 Å². The van der Waals surface area contributed by atoms with Crippen LogP contribution in [0.25, 0.3) is 0 Å². The fourth-order valence-corrected chi connectivity index (χ4v) is 1.65. The number of nitrogens with one attached hydrogen (secondary N) is 1. The van der Waals surface area contributed by atoms with Gasteiger partial charge >= 0.3 is 0 Å². The molecular weight excluding hydrogens is 248 g/mol. The van der Waals surface area contributed by atoms with E-state index in [2.05, 4.69) is 20.0 Å². The number of hydrogen-bond acceptors (Lipinski definition) is 7. The average molecular weight is 258 g/mol. The van der Waals surface area contributed by atoms with Gasteiger partial charge in [0.1, 0.15) is 5.76 Å². The van der Waals surface area contributed by atoms with Gasteiger partial charge in [-0.25, -0.2) is 13.6 Å². The zero-order valence-corrected chi connectivity index (χ0v) is 9.48. The van der Waals surface area contributed by atoms with Crippen molar-refractivity contribution in [3.63, 3.8) is 0 Å². The van der Waals surface area contributed by atoms with E-state index in [1.165, 1.54) is 18.5 Å². The minimum atomic E-state index is -3.78.